The van der Waals surface area contributed by atoms with Crippen molar-refractivity contribution in [1.29, 1.82) is 5.26 Å². The molecule has 2 rings (SSSR count). The summed E-state index contributed by atoms with van der Waals surface area (Å²) in [6, 6.07) is 13.5. The molecule has 0 saturated heterocycles. The molecule has 0 spiro atoms. The maximum absolute atomic E-state index is 13.5. The number of hydrogen-bond donors (Lipinski definition) is 1. The van der Waals surface area contributed by atoms with Gasteiger partial charge in [0.25, 0.3) is 0 Å². The van der Waals surface area contributed by atoms with Crippen molar-refractivity contribution in [2.24, 2.45) is 5.41 Å². The van der Waals surface area contributed by atoms with Gasteiger partial charge in [-0.15, -0.1) is 0 Å². The summed E-state index contributed by atoms with van der Waals surface area (Å²) in [7, 11) is -0.859. The highest BCUT2D eigenvalue weighted by molar-refractivity contribution is 6.48. The largest absolute Gasteiger partial charge is 0.410 e. The van der Waals surface area contributed by atoms with Crippen LogP contribution >= 0.6 is 0 Å². The minimum atomic E-state index is -0.914. The smallest absolute Gasteiger partial charge is 0.205 e. The van der Waals surface area contributed by atoms with E-state index in [9.17, 15) is 9.50 Å². The van der Waals surface area contributed by atoms with Crippen LogP contribution in [0.1, 0.15) is 55.2 Å². The molecule has 26 heavy (non-hydrogen) atoms. The van der Waals surface area contributed by atoms with Crippen LogP contribution in [0.4, 0.5) is 4.39 Å². The Labute approximate surface area is 156 Å². The zero-order valence-corrected chi connectivity index (χ0v) is 16.9. The molecule has 0 aliphatic heterocycles. The second-order valence-corrected chi connectivity index (χ2v) is 9.74. The molecule has 1 radical (unpaired) electrons. The minimum absolute atomic E-state index is 0.0198. The molecule has 0 heterocycles. The lowest BCUT2D eigenvalue weighted by atomic mass is 9.84. The fourth-order valence-corrected chi connectivity index (χ4v) is 3.79. The highest BCUT2D eigenvalue weighted by Crippen LogP contribution is 2.37. The van der Waals surface area contributed by atoms with Crippen molar-refractivity contribution in [1.82, 2.24) is 0 Å². The van der Waals surface area contributed by atoms with Crippen molar-refractivity contribution in [3.8, 4) is 6.07 Å². The van der Waals surface area contributed by atoms with E-state index in [1.54, 1.807) is 6.07 Å². The molecule has 5 heteroatoms. The van der Waals surface area contributed by atoms with Crippen LogP contribution in [0, 0.1) is 22.6 Å². The van der Waals surface area contributed by atoms with Crippen molar-refractivity contribution in [3.63, 3.8) is 0 Å². The van der Waals surface area contributed by atoms with Crippen LogP contribution in [0.3, 0.4) is 0 Å². The monoisotopic (exact) mass is 370 g/mol. The maximum Gasteiger partial charge on any atom is 0.205 e. The van der Waals surface area contributed by atoms with E-state index in [1.807, 2.05) is 24.3 Å². The quantitative estimate of drug-likeness (QED) is 0.742. The molecule has 0 aromatic heterocycles. The molecule has 0 aliphatic carbocycles. The van der Waals surface area contributed by atoms with Gasteiger partial charge in [0.15, 0.2) is 0 Å². The van der Waals surface area contributed by atoms with Crippen molar-refractivity contribution in [2.45, 2.75) is 46.1 Å². The Morgan fingerprint density at radius 3 is 2.08 bits per heavy atom. The summed E-state index contributed by atoms with van der Waals surface area (Å²) in [5, 5.41) is 19.5. The number of nitriles is 1. The average Bonchev–Trinajstić information content (AvgIpc) is 2.58. The van der Waals surface area contributed by atoms with Crippen LogP contribution in [-0.4, -0.2) is 14.1 Å². The molecule has 0 bridgehead atoms. The van der Waals surface area contributed by atoms with Crippen molar-refractivity contribution >= 4 is 9.04 Å². The molecule has 3 nitrogen and oxygen atoms in total. The van der Waals surface area contributed by atoms with Gasteiger partial charge in [0.1, 0.15) is 18.0 Å². The molecular weight excluding hydrogens is 345 g/mol. The molecule has 2 atom stereocenters. The lowest BCUT2D eigenvalue weighted by molar-refractivity contribution is 0.0865. The second kappa shape index (κ2) is 8.13. The molecule has 2 aromatic carbocycles. The zero-order valence-electron chi connectivity index (χ0n) is 15.9. The molecule has 0 saturated carbocycles. The fourth-order valence-electron chi connectivity index (χ4n) is 2.82. The zero-order chi connectivity index (χ0) is 19.5. The summed E-state index contributed by atoms with van der Waals surface area (Å²) in [5.41, 5.74) is 2.14. The molecule has 0 fully saturated rings. The summed E-state index contributed by atoms with van der Waals surface area (Å²) in [4.78, 5) is 0. The Hall–Kier alpha value is -2.00. The molecule has 1 N–H and O–H groups in total. The Kier molecular flexibility index (Phi) is 6.35. The van der Waals surface area contributed by atoms with Gasteiger partial charge < -0.3 is 9.53 Å². The van der Waals surface area contributed by atoms with Gasteiger partial charge in [0.2, 0.25) is 9.04 Å². The third-order valence-electron chi connectivity index (χ3n) is 4.12. The van der Waals surface area contributed by atoms with Gasteiger partial charge in [-0.25, -0.2) is 4.39 Å². The Morgan fingerprint density at radius 2 is 1.58 bits per heavy atom. The van der Waals surface area contributed by atoms with E-state index in [1.165, 1.54) is 18.2 Å². The highest BCUT2D eigenvalue weighted by atomic mass is 28.3. The normalized spacial score (nSPS) is 14.1. The summed E-state index contributed by atoms with van der Waals surface area (Å²) in [6.07, 6.45) is -0.934. The van der Waals surface area contributed by atoms with Crippen LogP contribution < -0.4 is 0 Å². The van der Waals surface area contributed by atoms with E-state index < -0.39 is 21.0 Å². The van der Waals surface area contributed by atoms with E-state index in [2.05, 4.69) is 33.9 Å². The standard InChI is InChI=1S/C21H25FNO2Si/c1-21(2,3)20(25-26(4)5)15-8-6-14(7-9-15)19(24)16-10-11-18(22)17(12-16)13-23/h6-12,19-20,24H,1-5H3. The van der Waals surface area contributed by atoms with Gasteiger partial charge >= 0.3 is 0 Å². The Balaban J connectivity index is 2.29. The Morgan fingerprint density at radius 1 is 1.04 bits per heavy atom. The molecule has 2 aromatic rings. The van der Waals surface area contributed by atoms with E-state index in [0.717, 1.165) is 5.56 Å². The SMILES string of the molecule is C[Si](C)OC(c1ccc(C(O)c2ccc(F)c(C#N)c2)cc1)C(C)(C)C. The number of halogens is 1. The van der Waals surface area contributed by atoms with Gasteiger partial charge in [0.05, 0.1) is 11.7 Å². The average molecular weight is 371 g/mol. The predicted octanol–water partition coefficient (Wildman–Crippen LogP) is 5.13. The van der Waals surface area contributed by atoms with E-state index in [-0.39, 0.29) is 17.1 Å². The van der Waals surface area contributed by atoms with Crippen molar-refractivity contribution < 1.29 is 13.9 Å². The fraction of sp³-hybridized carbons (Fsp3) is 0.381. The topological polar surface area (TPSA) is 53.2 Å². The first-order chi connectivity index (χ1) is 12.1. The number of nitrogens with zero attached hydrogens (tertiary/aromatic N) is 1. The van der Waals surface area contributed by atoms with Crippen LogP contribution in [0.15, 0.2) is 42.5 Å². The second-order valence-electron chi connectivity index (χ2n) is 7.69. The number of hydrogen-bond acceptors (Lipinski definition) is 3. The summed E-state index contributed by atoms with van der Waals surface area (Å²) in [6.45, 7) is 10.7. The summed E-state index contributed by atoms with van der Waals surface area (Å²) < 4.78 is 19.7. The summed E-state index contributed by atoms with van der Waals surface area (Å²) in [5.74, 6) is -0.583. The number of benzene rings is 2. The lowest BCUT2D eigenvalue weighted by Crippen LogP contribution is -2.25. The van der Waals surface area contributed by atoms with Gasteiger partial charge in [-0.3, -0.25) is 0 Å². The van der Waals surface area contributed by atoms with Crippen molar-refractivity contribution in [2.75, 3.05) is 0 Å². The van der Waals surface area contributed by atoms with Crippen LogP contribution in [-0.2, 0) is 4.43 Å². The van der Waals surface area contributed by atoms with E-state index in [4.69, 9.17) is 9.69 Å². The first-order valence-electron chi connectivity index (χ1n) is 8.57. The van der Waals surface area contributed by atoms with E-state index >= 15 is 0 Å². The predicted molar refractivity (Wildman–Crippen MR) is 102 cm³/mol. The third kappa shape index (κ3) is 4.79. The molecular formula is C21H25FNO2Si. The van der Waals surface area contributed by atoms with E-state index in [0.29, 0.717) is 11.1 Å². The number of rotatable bonds is 5. The van der Waals surface area contributed by atoms with Crippen LogP contribution in [0.2, 0.25) is 13.1 Å². The highest BCUT2D eigenvalue weighted by Gasteiger charge is 2.28. The number of aliphatic hydroxyl groups is 1. The Bertz CT molecular complexity index is 791. The first kappa shape index (κ1) is 20.3. The molecule has 0 amide bonds. The van der Waals surface area contributed by atoms with Crippen molar-refractivity contribution in [3.05, 3.63) is 70.5 Å². The number of aliphatic hydroxyl groups excluding tert-OH is 1. The molecule has 137 valence electrons. The molecule has 2 unspecified atom stereocenters. The minimum Gasteiger partial charge on any atom is -0.410 e. The maximum atomic E-state index is 13.5. The van der Waals surface area contributed by atoms with Gasteiger partial charge in [-0.2, -0.15) is 5.26 Å². The third-order valence-corrected chi connectivity index (χ3v) is 4.83. The van der Waals surface area contributed by atoms with Crippen LogP contribution in [0.25, 0.3) is 0 Å². The van der Waals surface area contributed by atoms with Crippen LogP contribution in [0.5, 0.6) is 0 Å². The van der Waals surface area contributed by atoms with Gasteiger partial charge in [-0.05, 0) is 47.3 Å². The van der Waals surface area contributed by atoms with Gasteiger partial charge in [-0.1, -0.05) is 51.1 Å². The first-order valence-corrected chi connectivity index (χ1v) is 11.0. The molecule has 0 aliphatic rings. The van der Waals surface area contributed by atoms with Gasteiger partial charge in [0, 0.05) is 0 Å². The lowest BCUT2D eigenvalue weighted by Gasteiger charge is -2.33. The summed E-state index contributed by atoms with van der Waals surface area (Å²) >= 11 is 0.